The summed E-state index contributed by atoms with van der Waals surface area (Å²) in [6.45, 7) is 4.58. The Kier molecular flexibility index (Phi) is 4.28. The van der Waals surface area contributed by atoms with Crippen molar-refractivity contribution in [2.75, 3.05) is 13.1 Å². The topological polar surface area (TPSA) is 78.6 Å². The number of ether oxygens (including phenoxy) is 2. The van der Waals surface area contributed by atoms with Gasteiger partial charge in [0.15, 0.2) is 0 Å². The number of carbonyl (C=O) groups is 1. The lowest BCUT2D eigenvalue weighted by atomic mass is 9.92. The van der Waals surface area contributed by atoms with Crippen LogP contribution in [0.25, 0.3) is 5.69 Å². The van der Waals surface area contributed by atoms with Crippen molar-refractivity contribution >= 4 is 5.91 Å². The number of carbonyl (C=O) groups excluding carboxylic acids is 1. The van der Waals surface area contributed by atoms with Crippen molar-refractivity contribution in [2.45, 2.75) is 44.2 Å². The van der Waals surface area contributed by atoms with Crippen molar-refractivity contribution in [1.29, 1.82) is 0 Å². The van der Waals surface area contributed by atoms with Crippen LogP contribution in [0.15, 0.2) is 47.7 Å². The number of amides is 1. The minimum Gasteiger partial charge on any atom is -0.486 e. The van der Waals surface area contributed by atoms with Gasteiger partial charge in [0, 0.05) is 37.8 Å². The van der Waals surface area contributed by atoms with E-state index in [-0.39, 0.29) is 29.5 Å². The summed E-state index contributed by atoms with van der Waals surface area (Å²) in [6.07, 6.45) is -0.945. The molecule has 2 aliphatic heterocycles. The number of alkyl halides is 3. The van der Waals surface area contributed by atoms with E-state index in [0.29, 0.717) is 36.5 Å². The van der Waals surface area contributed by atoms with E-state index in [2.05, 4.69) is 9.72 Å². The van der Waals surface area contributed by atoms with Gasteiger partial charge in [0.1, 0.15) is 28.5 Å². The highest BCUT2D eigenvalue weighted by Gasteiger charge is 2.73. The van der Waals surface area contributed by atoms with Crippen molar-refractivity contribution < 1.29 is 27.4 Å². The lowest BCUT2D eigenvalue weighted by molar-refractivity contribution is -0.274. The molecule has 35 heavy (non-hydrogen) atoms. The van der Waals surface area contributed by atoms with Crippen LogP contribution in [0.5, 0.6) is 11.5 Å². The maximum absolute atomic E-state index is 13.4. The van der Waals surface area contributed by atoms with E-state index in [0.717, 1.165) is 5.69 Å². The molecule has 8 nitrogen and oxygen atoms in total. The Morgan fingerprint density at radius 1 is 1.17 bits per heavy atom. The molecular weight excluding hydrogens is 465 g/mol. The van der Waals surface area contributed by atoms with E-state index < -0.39 is 17.4 Å². The Morgan fingerprint density at radius 3 is 2.69 bits per heavy atom. The number of aromatic nitrogens is 3. The monoisotopic (exact) mass is 486 g/mol. The zero-order chi connectivity index (χ0) is 24.8. The molecule has 182 valence electrons. The highest BCUT2D eigenvalue weighted by Crippen LogP contribution is 2.67. The molecule has 0 unspecified atom stereocenters. The van der Waals surface area contributed by atoms with Crippen LogP contribution in [0.1, 0.15) is 35.1 Å². The Labute approximate surface area is 197 Å². The van der Waals surface area contributed by atoms with E-state index >= 15 is 0 Å². The maximum atomic E-state index is 13.4. The molecule has 6 rings (SSSR count). The van der Waals surface area contributed by atoms with Gasteiger partial charge in [-0.25, -0.2) is 4.98 Å². The molecule has 1 saturated carbocycles. The largest absolute Gasteiger partial charge is 0.573 e. The molecule has 11 heteroatoms. The minimum atomic E-state index is -4.80. The van der Waals surface area contributed by atoms with Crippen LogP contribution < -0.4 is 15.0 Å². The summed E-state index contributed by atoms with van der Waals surface area (Å²) < 4.78 is 51.6. The first kappa shape index (κ1) is 21.8. The molecule has 3 aliphatic rings. The first-order chi connectivity index (χ1) is 16.5. The van der Waals surface area contributed by atoms with Crippen LogP contribution in [0.4, 0.5) is 13.2 Å². The molecule has 0 saturated heterocycles. The highest BCUT2D eigenvalue weighted by atomic mass is 19.4. The highest BCUT2D eigenvalue weighted by molar-refractivity contribution is 5.93. The molecule has 1 aliphatic carbocycles. The predicted octanol–water partition coefficient (Wildman–Crippen LogP) is 3.19. The van der Waals surface area contributed by atoms with Gasteiger partial charge < -0.3 is 23.5 Å². The Hall–Kier alpha value is -3.76. The fourth-order valence-corrected chi connectivity index (χ4v) is 5.45. The molecule has 3 aromatic rings. The second-order valence-corrected chi connectivity index (χ2v) is 9.51. The van der Waals surface area contributed by atoms with Gasteiger partial charge in [0.25, 0.3) is 11.5 Å². The quantitative estimate of drug-likeness (QED) is 0.566. The van der Waals surface area contributed by atoms with E-state index in [1.54, 1.807) is 34.1 Å². The molecule has 4 heterocycles. The standard InChI is InChI=1S/C24H21F3N4O4/c1-14-10-30(13-28-14)17-4-5-18-20(32)29(7-8-31(18)21(17)33)12-23-11-22(23,2)35-19-6-3-15(9-16(19)23)34-24(25,26)27/h3-6,9-10,13H,7-8,11-12H2,1-2H3/t22-,23+/m1/s1. The van der Waals surface area contributed by atoms with E-state index in [4.69, 9.17) is 4.74 Å². The van der Waals surface area contributed by atoms with Crippen molar-refractivity contribution in [1.82, 2.24) is 19.0 Å². The van der Waals surface area contributed by atoms with Gasteiger partial charge in [0.2, 0.25) is 0 Å². The first-order valence-electron chi connectivity index (χ1n) is 11.1. The molecule has 2 atom stereocenters. The number of hydrogen-bond donors (Lipinski definition) is 0. The van der Waals surface area contributed by atoms with Crippen molar-refractivity contribution in [2.24, 2.45) is 0 Å². The van der Waals surface area contributed by atoms with Gasteiger partial charge in [-0.2, -0.15) is 0 Å². The van der Waals surface area contributed by atoms with Crippen molar-refractivity contribution in [3.8, 4) is 17.2 Å². The van der Waals surface area contributed by atoms with Crippen molar-refractivity contribution in [3.63, 3.8) is 0 Å². The summed E-state index contributed by atoms with van der Waals surface area (Å²) in [4.78, 5) is 32.2. The van der Waals surface area contributed by atoms with Gasteiger partial charge >= 0.3 is 6.36 Å². The van der Waals surface area contributed by atoms with Gasteiger partial charge in [-0.1, -0.05) is 0 Å². The second-order valence-electron chi connectivity index (χ2n) is 9.51. The third-order valence-corrected chi connectivity index (χ3v) is 7.27. The summed E-state index contributed by atoms with van der Waals surface area (Å²) in [5, 5.41) is 0. The molecule has 0 radical (unpaired) electrons. The SMILES string of the molecule is Cc1cn(-c2ccc3n(c2=O)CCN(C[C@]24C[C@@]2(C)Oc2ccc(OC(F)(F)F)cc24)C3=O)cn1. The second kappa shape index (κ2) is 6.89. The van der Waals surface area contributed by atoms with Crippen LogP contribution >= 0.6 is 0 Å². The average Bonchev–Trinajstić information content (AvgIpc) is 3.02. The number of hydrogen-bond acceptors (Lipinski definition) is 5. The lowest BCUT2D eigenvalue weighted by Gasteiger charge is -2.32. The number of rotatable bonds is 4. The van der Waals surface area contributed by atoms with Crippen LogP contribution in [-0.2, 0) is 12.0 Å². The zero-order valence-corrected chi connectivity index (χ0v) is 18.9. The van der Waals surface area contributed by atoms with E-state index in [9.17, 15) is 22.8 Å². The van der Waals surface area contributed by atoms with Gasteiger partial charge in [-0.05, 0) is 44.2 Å². The summed E-state index contributed by atoms with van der Waals surface area (Å²) >= 11 is 0. The van der Waals surface area contributed by atoms with Gasteiger partial charge in [-0.15, -0.1) is 13.2 Å². The number of halogens is 3. The Bertz CT molecular complexity index is 1450. The Balaban J connectivity index is 1.30. The van der Waals surface area contributed by atoms with Crippen LogP contribution in [0.2, 0.25) is 0 Å². The number of aryl methyl sites for hydroxylation is 1. The summed E-state index contributed by atoms with van der Waals surface area (Å²) in [7, 11) is 0. The minimum absolute atomic E-state index is 0.265. The smallest absolute Gasteiger partial charge is 0.486 e. The number of pyridine rings is 1. The van der Waals surface area contributed by atoms with Crippen LogP contribution in [0, 0.1) is 6.92 Å². The summed E-state index contributed by atoms with van der Waals surface area (Å²) in [5.74, 6) is -0.129. The summed E-state index contributed by atoms with van der Waals surface area (Å²) in [6, 6.07) is 7.28. The number of imidazole rings is 1. The number of nitrogens with zero attached hydrogens (tertiary/aromatic N) is 4. The van der Waals surface area contributed by atoms with Gasteiger partial charge in [-0.3, -0.25) is 9.59 Å². The predicted molar refractivity (Wildman–Crippen MR) is 117 cm³/mol. The first-order valence-corrected chi connectivity index (χ1v) is 11.1. The molecule has 2 aromatic heterocycles. The Morgan fingerprint density at radius 2 is 1.97 bits per heavy atom. The van der Waals surface area contributed by atoms with E-state index in [1.165, 1.54) is 22.8 Å². The molecule has 0 spiro atoms. The fraction of sp³-hybridized carbons (Fsp3) is 0.375. The number of benzene rings is 1. The molecule has 0 N–H and O–H groups in total. The third kappa shape index (κ3) is 3.24. The van der Waals surface area contributed by atoms with Crippen molar-refractivity contribution in [3.05, 3.63) is 70.2 Å². The molecule has 1 amide bonds. The third-order valence-electron chi connectivity index (χ3n) is 7.27. The van der Waals surface area contributed by atoms with E-state index in [1.807, 2.05) is 13.8 Å². The van der Waals surface area contributed by atoms with Gasteiger partial charge in [0.05, 0.1) is 17.4 Å². The van der Waals surface area contributed by atoms with Crippen LogP contribution in [0.3, 0.4) is 0 Å². The molecule has 0 bridgehead atoms. The normalized spacial score (nSPS) is 24.5. The molecule has 1 aromatic carbocycles. The molecular formula is C24H21F3N4O4. The maximum Gasteiger partial charge on any atom is 0.573 e. The zero-order valence-electron chi connectivity index (χ0n) is 18.9. The van der Waals surface area contributed by atoms with Crippen LogP contribution in [-0.4, -0.2) is 50.0 Å². The average molecular weight is 486 g/mol. The lowest BCUT2D eigenvalue weighted by Crippen LogP contribution is -2.48. The number of fused-ring (bicyclic) bond motifs is 4. The summed E-state index contributed by atoms with van der Waals surface area (Å²) in [5.41, 5.74) is 0.498. The fourth-order valence-electron chi connectivity index (χ4n) is 5.45. The molecule has 1 fully saturated rings.